The van der Waals surface area contributed by atoms with Crippen molar-refractivity contribution in [1.29, 1.82) is 0 Å². The number of carbonyl (C=O) groups is 12. The number of likely N-dealkylation sites (N-methyl/N-ethyl adjacent to an activating group) is 2. The molecule has 0 unspecified atom stereocenters. The van der Waals surface area contributed by atoms with Gasteiger partial charge in [0, 0.05) is 103 Å². The Bertz CT molecular complexity index is 3060. The Balaban J connectivity index is 1.39. The number of ketones is 3. The predicted octanol–water partition coefficient (Wildman–Crippen LogP) is 8.75. The Kier molecular flexibility index (Phi) is 34.1. The highest BCUT2D eigenvalue weighted by Crippen LogP contribution is 2.32. The molecule has 2 aromatic rings. The van der Waals surface area contributed by atoms with Gasteiger partial charge in [0.05, 0.1) is 54.8 Å². The number of rotatable bonds is 42. The number of hydrogen-bond acceptors (Lipinski definition) is 15. The number of urea groups is 1. The molecule has 0 spiro atoms. The second-order valence-corrected chi connectivity index (χ2v) is 29.2. The fraction of sp³-hybridized carbons (Fsp3) is 0.653. The number of nitrogens with two attached hydrogens (primary N) is 1. The van der Waals surface area contributed by atoms with E-state index in [4.69, 9.17) is 19.9 Å². The molecule has 11 atom stereocenters. The fourth-order valence-corrected chi connectivity index (χ4v) is 13.4. The molecule has 10 amide bonds. The molecule has 2 aromatic carbocycles. The first kappa shape index (κ1) is 83.6. The largest absolute Gasteiger partial charge is 0.445 e. The minimum atomic E-state index is -0.977. The molecule has 0 aliphatic carbocycles. The first-order valence-corrected chi connectivity index (χ1v) is 35.3. The van der Waals surface area contributed by atoms with E-state index in [0.29, 0.717) is 69.2 Å². The van der Waals surface area contributed by atoms with Crippen LogP contribution in [0.1, 0.15) is 178 Å². The van der Waals surface area contributed by atoms with E-state index in [1.165, 1.54) is 38.3 Å². The molecule has 24 nitrogen and oxygen atoms in total. The van der Waals surface area contributed by atoms with Crippen molar-refractivity contribution in [1.82, 2.24) is 35.6 Å². The van der Waals surface area contributed by atoms with Gasteiger partial charge in [0.15, 0.2) is 17.3 Å². The zero-order chi connectivity index (χ0) is 74.0. The Morgan fingerprint density at radius 3 is 1.92 bits per heavy atom. The maximum absolute atomic E-state index is 15.0. The first-order chi connectivity index (χ1) is 46.6. The Hall–Kier alpha value is -7.86. The molecule has 0 aromatic heterocycles. The van der Waals surface area contributed by atoms with Gasteiger partial charge in [0.2, 0.25) is 29.5 Å². The highest BCUT2D eigenvalue weighted by molar-refractivity contribution is 6.12. The van der Waals surface area contributed by atoms with Crippen LogP contribution >= 0.6 is 0 Å². The maximum Gasteiger partial charge on any atom is 0.410 e. The average molecular weight is 1380 g/mol. The zero-order valence-corrected chi connectivity index (χ0v) is 61.7. The summed E-state index contributed by atoms with van der Waals surface area (Å²) < 4.78 is 18.0. The summed E-state index contributed by atoms with van der Waals surface area (Å²) in [5, 5.41) is 11.2. The number of methoxy groups -OCH3 is 2. The van der Waals surface area contributed by atoms with Crippen molar-refractivity contribution < 1.29 is 71.7 Å². The zero-order valence-electron chi connectivity index (χ0n) is 61.7. The number of carbonyl (C=O) groups excluding carboxylic acids is 12. The number of ether oxygens (including phenoxy) is 3. The number of anilines is 1. The van der Waals surface area contributed by atoms with Crippen LogP contribution in [0.15, 0.2) is 66.7 Å². The lowest BCUT2D eigenvalue weighted by Crippen LogP contribution is -2.55. The van der Waals surface area contributed by atoms with E-state index < -0.39 is 78.2 Å². The molecular formula is C75H115N9O15. The topological polar surface area (TPSA) is 320 Å². The number of hydrogen-bond donors (Lipinski definition) is 5. The van der Waals surface area contributed by atoms with Gasteiger partial charge in [-0.1, -0.05) is 138 Å². The van der Waals surface area contributed by atoms with Gasteiger partial charge in [-0.25, -0.2) is 9.59 Å². The molecule has 0 bridgehead atoms. The van der Waals surface area contributed by atoms with Gasteiger partial charge in [-0.05, 0) is 97.3 Å². The van der Waals surface area contributed by atoms with E-state index in [1.54, 1.807) is 61.9 Å². The highest BCUT2D eigenvalue weighted by Gasteiger charge is 2.44. The number of primary amides is 1. The molecule has 0 radical (unpaired) electrons. The number of benzene rings is 2. The van der Waals surface area contributed by atoms with E-state index >= 15 is 0 Å². The maximum atomic E-state index is 15.0. The molecule has 99 heavy (non-hydrogen) atoms. The monoisotopic (exact) mass is 1380 g/mol. The van der Waals surface area contributed by atoms with Crippen LogP contribution in [0.2, 0.25) is 0 Å². The molecule has 24 heteroatoms. The Morgan fingerprint density at radius 2 is 1.35 bits per heavy atom. The molecule has 0 saturated carbocycles. The van der Waals surface area contributed by atoms with Crippen LogP contribution < -0.4 is 27.0 Å². The van der Waals surface area contributed by atoms with Crippen molar-refractivity contribution in [3.8, 4) is 0 Å². The van der Waals surface area contributed by atoms with Crippen LogP contribution in [0.5, 0.6) is 0 Å². The van der Waals surface area contributed by atoms with E-state index in [1.807, 2.05) is 92.6 Å². The summed E-state index contributed by atoms with van der Waals surface area (Å²) >= 11 is 0. The highest BCUT2D eigenvalue weighted by atomic mass is 16.6. The van der Waals surface area contributed by atoms with E-state index in [2.05, 4.69) is 21.3 Å². The molecule has 2 heterocycles. The minimum absolute atomic E-state index is 0.0719. The van der Waals surface area contributed by atoms with Crippen LogP contribution in [-0.4, -0.2) is 181 Å². The smallest absolute Gasteiger partial charge is 0.410 e. The van der Waals surface area contributed by atoms with E-state index in [0.717, 1.165) is 10.5 Å². The van der Waals surface area contributed by atoms with Crippen LogP contribution in [0.25, 0.3) is 0 Å². The average Bonchev–Trinajstić information content (AvgIpc) is 1.75. The summed E-state index contributed by atoms with van der Waals surface area (Å²) in [5.74, 6) is -6.80. The van der Waals surface area contributed by atoms with Crippen molar-refractivity contribution in [3.05, 3.63) is 77.9 Å². The summed E-state index contributed by atoms with van der Waals surface area (Å²) in [7, 11) is 6.20. The van der Waals surface area contributed by atoms with Crippen LogP contribution in [0.4, 0.5) is 15.3 Å². The van der Waals surface area contributed by atoms with Crippen LogP contribution in [0.3, 0.4) is 0 Å². The summed E-state index contributed by atoms with van der Waals surface area (Å²) in [6.45, 7) is 23.3. The van der Waals surface area contributed by atoms with Crippen LogP contribution in [-0.2, 0) is 75.2 Å². The third-order valence-electron chi connectivity index (χ3n) is 19.1. The van der Waals surface area contributed by atoms with Crippen molar-refractivity contribution in [2.45, 2.75) is 222 Å². The number of amides is 10. The second kappa shape index (κ2) is 40.4. The standard InChI is InChI=1S/C75H115N9O15/c1-17-49(8)68(61(97-15)43-65(91)83-39-25-29-57(83)69(98-16)50(9)70(92)79-56(60(87)44-75(10,11)12)40-51-26-20-18-21-27-51)81(13)72(94)55(46(2)3)42-59(86)67(48(6)7)82(14)74(96)99-45-52-31-33-54(34-32-52)78-71(93)53(28-24-37-77-73(76)95)41-58(85)66(47(4)5)80-62(88)30-22-19-23-38-84-63(89)35-36-64(84)90/h18,20-21,26-27,31-36,46-50,53,55-57,61,66-69H,17,19,22-25,28-30,37-45H2,1-16H3,(H,78,93)(H,79,92)(H,80,88)(H3,76,77,95)/t49-,50+,53+,55-,56-,57-,61+,66-,67-,68-,69+/m0/s1. The molecule has 2 aliphatic rings. The third kappa shape index (κ3) is 26.0. The van der Waals surface area contributed by atoms with Gasteiger partial charge in [0.1, 0.15) is 6.61 Å². The molecule has 1 saturated heterocycles. The SMILES string of the molecule is CC[C@H](C)[C@@H]([C@@H](CC(=O)N1CCC[C@H]1[C@H](OC)[C@@H](C)C(=O)N[C@@H](Cc1ccccc1)C(=O)CC(C)(C)C)OC)N(C)C(=O)[C@@H](CC(=O)[C@H](C(C)C)N(C)C(=O)OCc1ccc(NC(=O)[C@H](CCCNC(N)=O)CC(=O)[C@@H](NC(=O)CCCCCN2C(=O)C=CC2=O)C(C)C)cc1)C(C)C. The van der Waals surface area contributed by atoms with E-state index in [-0.39, 0.29) is 140 Å². The quantitative estimate of drug-likeness (QED) is 0.0306. The van der Waals surface area contributed by atoms with Gasteiger partial charge in [-0.2, -0.15) is 0 Å². The number of imide groups is 1. The summed E-state index contributed by atoms with van der Waals surface area (Å²) in [5.41, 5.74) is 6.82. The van der Waals surface area contributed by atoms with E-state index in [9.17, 15) is 57.5 Å². The Morgan fingerprint density at radius 1 is 0.707 bits per heavy atom. The fourth-order valence-electron chi connectivity index (χ4n) is 13.4. The van der Waals surface area contributed by atoms with Gasteiger partial charge in [-0.15, -0.1) is 0 Å². The molecule has 550 valence electrons. The van der Waals surface area contributed by atoms with Crippen LogP contribution in [0, 0.1) is 46.8 Å². The lowest BCUT2D eigenvalue weighted by atomic mass is 9.83. The molecule has 2 aliphatic heterocycles. The lowest BCUT2D eigenvalue weighted by molar-refractivity contribution is -0.149. The molecule has 4 rings (SSSR count). The van der Waals surface area contributed by atoms with Crippen molar-refractivity contribution in [2.75, 3.05) is 53.3 Å². The Labute approximate surface area is 587 Å². The summed E-state index contributed by atoms with van der Waals surface area (Å²) in [6.07, 6.45) is 4.38. The van der Waals surface area contributed by atoms with Crippen molar-refractivity contribution in [2.24, 2.45) is 52.6 Å². The number of likely N-dealkylation sites (tertiary alicyclic amines) is 1. The predicted molar refractivity (Wildman–Crippen MR) is 378 cm³/mol. The third-order valence-corrected chi connectivity index (χ3v) is 19.1. The molecular weight excluding hydrogens is 1270 g/mol. The number of nitrogens with one attached hydrogen (secondary N) is 4. The number of Topliss-reactive ketones (excluding diaryl/α,β-unsaturated/α-hetero) is 3. The van der Waals surface area contributed by atoms with Gasteiger partial charge < -0.3 is 55.9 Å². The molecule has 1 fully saturated rings. The first-order valence-electron chi connectivity index (χ1n) is 35.3. The summed E-state index contributed by atoms with van der Waals surface area (Å²) in [4.78, 5) is 168. The number of nitrogens with zero attached hydrogens (tertiary/aromatic N) is 4. The normalized spacial score (nSPS) is 17.0. The summed E-state index contributed by atoms with van der Waals surface area (Å²) in [6, 6.07) is 11.6. The second-order valence-electron chi connectivity index (χ2n) is 29.2. The minimum Gasteiger partial charge on any atom is -0.445 e. The molecule has 6 N–H and O–H groups in total. The van der Waals surface area contributed by atoms with Crippen molar-refractivity contribution >= 4 is 76.5 Å². The van der Waals surface area contributed by atoms with Gasteiger partial charge in [-0.3, -0.25) is 52.8 Å². The van der Waals surface area contributed by atoms with Gasteiger partial charge >= 0.3 is 12.1 Å². The lowest BCUT2D eigenvalue weighted by Gasteiger charge is -2.41. The number of unbranched alkanes of at least 4 members (excludes halogenated alkanes) is 2. The van der Waals surface area contributed by atoms with Crippen molar-refractivity contribution in [3.63, 3.8) is 0 Å². The van der Waals surface area contributed by atoms with Gasteiger partial charge in [0.25, 0.3) is 11.8 Å².